The first-order valence-corrected chi connectivity index (χ1v) is 7.10. The zero-order valence-electron chi connectivity index (χ0n) is 10.9. The number of benzene rings is 1. The van der Waals surface area contributed by atoms with Crippen molar-refractivity contribution in [2.24, 2.45) is 0 Å². The van der Waals surface area contributed by atoms with Gasteiger partial charge in [-0.1, -0.05) is 18.2 Å². The first kappa shape index (κ1) is 12.8. The van der Waals surface area contributed by atoms with Gasteiger partial charge in [-0.25, -0.2) is 4.98 Å². The van der Waals surface area contributed by atoms with E-state index in [1.165, 1.54) is 16.2 Å². The number of anilines is 1. The van der Waals surface area contributed by atoms with E-state index in [-0.39, 0.29) is 18.4 Å². The third-order valence-corrected chi connectivity index (χ3v) is 3.89. The summed E-state index contributed by atoms with van der Waals surface area (Å²) in [6.45, 7) is 2.31. The predicted molar refractivity (Wildman–Crippen MR) is 76.7 cm³/mol. The number of carbonyl (C=O) groups excluding carboxylic acids is 2. The summed E-state index contributed by atoms with van der Waals surface area (Å²) in [5.41, 5.74) is 2.10. The van der Waals surface area contributed by atoms with Crippen molar-refractivity contribution in [2.45, 2.75) is 13.5 Å². The molecule has 1 N–H and O–H groups in total. The average Bonchev–Trinajstić information content (AvgIpc) is 2.77. The first-order chi connectivity index (χ1) is 9.63. The summed E-state index contributed by atoms with van der Waals surface area (Å²) in [4.78, 5) is 30.0. The van der Waals surface area contributed by atoms with Crippen molar-refractivity contribution in [3.05, 3.63) is 45.9 Å². The Bertz CT molecular complexity index is 681. The molecule has 2 amide bonds. The minimum atomic E-state index is -0.207. The van der Waals surface area contributed by atoms with Gasteiger partial charge in [-0.15, -0.1) is 11.3 Å². The van der Waals surface area contributed by atoms with Crippen LogP contribution in [0, 0.1) is 6.92 Å². The molecule has 0 spiro atoms. The molecule has 0 saturated heterocycles. The number of nitrogens with zero attached hydrogens (tertiary/aromatic N) is 2. The SMILES string of the molecule is Cc1nc(C(=O)N2CC(=O)Nc3ccccc3C2)cs1. The van der Waals surface area contributed by atoms with Crippen LogP contribution in [0.1, 0.15) is 21.1 Å². The first-order valence-electron chi connectivity index (χ1n) is 6.22. The van der Waals surface area contributed by atoms with Crippen molar-refractivity contribution in [3.8, 4) is 0 Å². The summed E-state index contributed by atoms with van der Waals surface area (Å²) in [6.07, 6.45) is 0. The van der Waals surface area contributed by atoms with E-state index >= 15 is 0 Å². The average molecular weight is 287 g/mol. The van der Waals surface area contributed by atoms with Crippen LogP contribution < -0.4 is 5.32 Å². The number of carbonyl (C=O) groups is 2. The maximum Gasteiger partial charge on any atom is 0.274 e. The highest BCUT2D eigenvalue weighted by Gasteiger charge is 2.25. The topological polar surface area (TPSA) is 62.3 Å². The van der Waals surface area contributed by atoms with Gasteiger partial charge in [0.1, 0.15) is 12.2 Å². The summed E-state index contributed by atoms with van der Waals surface area (Å²) >= 11 is 1.43. The second kappa shape index (κ2) is 5.05. The second-order valence-electron chi connectivity index (χ2n) is 4.62. The van der Waals surface area contributed by atoms with Gasteiger partial charge < -0.3 is 10.2 Å². The molecule has 5 nitrogen and oxygen atoms in total. The van der Waals surface area contributed by atoms with Gasteiger partial charge in [0, 0.05) is 17.6 Å². The molecular weight excluding hydrogens is 274 g/mol. The molecular formula is C14H13N3O2S. The van der Waals surface area contributed by atoms with Crippen molar-refractivity contribution in [2.75, 3.05) is 11.9 Å². The van der Waals surface area contributed by atoms with Gasteiger partial charge in [-0.3, -0.25) is 9.59 Å². The molecule has 2 heterocycles. The largest absolute Gasteiger partial charge is 0.324 e. The molecule has 102 valence electrons. The fraction of sp³-hybridized carbons (Fsp3) is 0.214. The van der Waals surface area contributed by atoms with Crippen LogP contribution in [0.3, 0.4) is 0 Å². The molecule has 0 unspecified atom stereocenters. The van der Waals surface area contributed by atoms with Crippen molar-refractivity contribution < 1.29 is 9.59 Å². The zero-order valence-corrected chi connectivity index (χ0v) is 11.7. The molecule has 1 aromatic carbocycles. The summed E-state index contributed by atoms with van der Waals surface area (Å²) in [5.74, 6) is -0.392. The van der Waals surface area contributed by atoms with Crippen molar-refractivity contribution in [1.82, 2.24) is 9.88 Å². The molecule has 3 rings (SSSR count). The van der Waals surface area contributed by atoms with Crippen LogP contribution in [0.4, 0.5) is 5.69 Å². The molecule has 0 radical (unpaired) electrons. The number of para-hydroxylation sites is 1. The molecule has 0 bridgehead atoms. The molecule has 6 heteroatoms. The number of amides is 2. The van der Waals surface area contributed by atoms with E-state index < -0.39 is 0 Å². The van der Waals surface area contributed by atoms with E-state index in [4.69, 9.17) is 0 Å². The second-order valence-corrected chi connectivity index (χ2v) is 5.68. The molecule has 1 aliphatic rings. The maximum atomic E-state index is 12.4. The van der Waals surface area contributed by atoms with E-state index in [0.29, 0.717) is 12.2 Å². The highest BCUT2D eigenvalue weighted by Crippen LogP contribution is 2.21. The quantitative estimate of drug-likeness (QED) is 0.873. The fourth-order valence-corrected chi connectivity index (χ4v) is 2.76. The number of aryl methyl sites for hydroxylation is 1. The van der Waals surface area contributed by atoms with E-state index in [1.54, 1.807) is 5.38 Å². The van der Waals surface area contributed by atoms with E-state index in [1.807, 2.05) is 31.2 Å². The van der Waals surface area contributed by atoms with Crippen molar-refractivity contribution in [3.63, 3.8) is 0 Å². The predicted octanol–water partition coefficient (Wildman–Crippen LogP) is 2.05. The molecule has 20 heavy (non-hydrogen) atoms. The Hall–Kier alpha value is -2.21. The van der Waals surface area contributed by atoms with Crippen LogP contribution in [0.2, 0.25) is 0 Å². The van der Waals surface area contributed by atoms with Gasteiger partial charge >= 0.3 is 0 Å². The molecule has 1 aliphatic heterocycles. The molecule has 0 fully saturated rings. The van der Waals surface area contributed by atoms with E-state index in [9.17, 15) is 9.59 Å². The minimum Gasteiger partial charge on any atom is -0.324 e. The van der Waals surface area contributed by atoms with Gasteiger partial charge in [-0.05, 0) is 18.6 Å². The standard InChI is InChI=1S/C14H13N3O2S/c1-9-15-12(8-20-9)14(19)17-6-10-4-2-3-5-11(10)16-13(18)7-17/h2-5,8H,6-7H2,1H3,(H,16,18). The summed E-state index contributed by atoms with van der Waals surface area (Å²) < 4.78 is 0. The Morgan fingerprint density at radius 1 is 1.35 bits per heavy atom. The highest BCUT2D eigenvalue weighted by atomic mass is 32.1. The molecule has 1 aromatic heterocycles. The lowest BCUT2D eigenvalue weighted by Gasteiger charge is -2.18. The Labute approximate surface area is 120 Å². The number of hydrogen-bond donors (Lipinski definition) is 1. The van der Waals surface area contributed by atoms with Crippen LogP contribution in [-0.4, -0.2) is 28.2 Å². The smallest absolute Gasteiger partial charge is 0.274 e. The monoisotopic (exact) mass is 287 g/mol. The number of thiazole rings is 1. The minimum absolute atomic E-state index is 0.0457. The van der Waals surface area contributed by atoms with Crippen LogP contribution >= 0.6 is 11.3 Å². The van der Waals surface area contributed by atoms with Crippen LogP contribution in [0.5, 0.6) is 0 Å². The Morgan fingerprint density at radius 2 is 2.15 bits per heavy atom. The van der Waals surface area contributed by atoms with Gasteiger partial charge in [-0.2, -0.15) is 0 Å². The van der Waals surface area contributed by atoms with E-state index in [2.05, 4.69) is 10.3 Å². The van der Waals surface area contributed by atoms with E-state index in [0.717, 1.165) is 16.3 Å². The van der Waals surface area contributed by atoms with Crippen LogP contribution in [0.25, 0.3) is 0 Å². The van der Waals surface area contributed by atoms with Gasteiger partial charge in [0.05, 0.1) is 5.01 Å². The van der Waals surface area contributed by atoms with Gasteiger partial charge in [0.25, 0.3) is 5.91 Å². The third kappa shape index (κ3) is 2.42. The Balaban J connectivity index is 1.91. The van der Waals surface area contributed by atoms with Crippen molar-refractivity contribution in [1.29, 1.82) is 0 Å². The summed E-state index contributed by atoms with van der Waals surface area (Å²) in [5, 5.41) is 5.38. The van der Waals surface area contributed by atoms with Crippen LogP contribution in [-0.2, 0) is 11.3 Å². The Morgan fingerprint density at radius 3 is 2.90 bits per heavy atom. The lowest BCUT2D eigenvalue weighted by molar-refractivity contribution is -0.116. The fourth-order valence-electron chi connectivity index (χ4n) is 2.17. The normalized spacial score (nSPS) is 14.4. The Kier molecular flexibility index (Phi) is 3.23. The molecule has 0 aliphatic carbocycles. The number of aromatic nitrogens is 1. The van der Waals surface area contributed by atoms with Gasteiger partial charge in [0.15, 0.2) is 0 Å². The third-order valence-electron chi connectivity index (χ3n) is 3.11. The van der Waals surface area contributed by atoms with Gasteiger partial charge in [0.2, 0.25) is 5.91 Å². The number of rotatable bonds is 1. The maximum absolute atomic E-state index is 12.4. The molecule has 0 saturated carbocycles. The molecule has 2 aromatic rings. The van der Waals surface area contributed by atoms with Crippen LogP contribution in [0.15, 0.2) is 29.6 Å². The molecule has 0 atom stereocenters. The number of fused-ring (bicyclic) bond motifs is 1. The number of nitrogens with one attached hydrogen (secondary N) is 1. The summed E-state index contributed by atoms with van der Waals surface area (Å²) in [7, 11) is 0. The lowest BCUT2D eigenvalue weighted by Crippen LogP contribution is -2.35. The highest BCUT2D eigenvalue weighted by molar-refractivity contribution is 7.09. The summed E-state index contributed by atoms with van der Waals surface area (Å²) in [6, 6.07) is 7.51. The number of hydrogen-bond acceptors (Lipinski definition) is 4. The van der Waals surface area contributed by atoms with Crippen molar-refractivity contribution >= 4 is 28.8 Å². The lowest BCUT2D eigenvalue weighted by atomic mass is 10.1. The zero-order chi connectivity index (χ0) is 14.1.